The third-order valence-electron chi connectivity index (χ3n) is 2.51. The quantitative estimate of drug-likeness (QED) is 0.555. The Morgan fingerprint density at radius 3 is 3.07 bits per heavy atom. The molecule has 2 aliphatic rings. The fourth-order valence-corrected chi connectivity index (χ4v) is 2.79. The van der Waals surface area contributed by atoms with Crippen LogP contribution in [0.1, 0.15) is 0 Å². The summed E-state index contributed by atoms with van der Waals surface area (Å²) in [5, 5.41) is 11.4. The monoisotopic (exact) mass is 216 g/mol. The molecule has 2 amide bonds. The Morgan fingerprint density at radius 1 is 1.57 bits per heavy atom. The van der Waals surface area contributed by atoms with E-state index in [0.717, 1.165) is 5.75 Å². The lowest BCUT2D eigenvalue weighted by atomic mass is 10.1. The second-order valence-corrected chi connectivity index (χ2v) is 4.52. The maximum absolute atomic E-state index is 11.7. The Balaban J connectivity index is 2.17. The minimum atomic E-state index is -0.734. The topological polar surface area (TPSA) is 69.6 Å². The Hall–Kier alpha value is -0.750. The average molecular weight is 216 g/mol. The second-order valence-electron chi connectivity index (χ2n) is 3.37. The van der Waals surface area contributed by atoms with Gasteiger partial charge in [-0.1, -0.05) is 0 Å². The van der Waals surface area contributed by atoms with Gasteiger partial charge < -0.3 is 15.3 Å². The number of thioether (sulfide) groups is 1. The molecule has 2 aliphatic heterocycles. The van der Waals surface area contributed by atoms with E-state index in [2.05, 4.69) is 5.32 Å². The molecule has 2 rings (SSSR count). The van der Waals surface area contributed by atoms with Gasteiger partial charge in [-0.15, -0.1) is 0 Å². The molecule has 2 atom stereocenters. The van der Waals surface area contributed by atoms with Crippen LogP contribution in [-0.4, -0.2) is 58.6 Å². The minimum Gasteiger partial charge on any atom is -0.394 e. The smallest absolute Gasteiger partial charge is 0.248 e. The first-order valence-corrected chi connectivity index (χ1v) is 5.69. The summed E-state index contributed by atoms with van der Waals surface area (Å²) in [6.07, 6.45) is 0. The van der Waals surface area contributed by atoms with Crippen molar-refractivity contribution in [3.8, 4) is 0 Å². The summed E-state index contributed by atoms with van der Waals surface area (Å²) in [4.78, 5) is 24.8. The van der Waals surface area contributed by atoms with Gasteiger partial charge in [0.05, 0.1) is 6.61 Å². The number of aliphatic hydroxyl groups excluding tert-OH is 1. The van der Waals surface area contributed by atoms with E-state index in [9.17, 15) is 9.59 Å². The number of nitrogens with one attached hydrogen (secondary N) is 1. The first-order valence-electron chi connectivity index (χ1n) is 4.53. The summed E-state index contributed by atoms with van der Waals surface area (Å²) < 4.78 is 0. The van der Waals surface area contributed by atoms with Gasteiger partial charge in [-0.25, -0.2) is 0 Å². The average Bonchev–Trinajstić information content (AvgIpc) is 2.23. The van der Waals surface area contributed by atoms with Gasteiger partial charge in [-0.3, -0.25) is 9.59 Å². The van der Waals surface area contributed by atoms with Gasteiger partial charge in [0.15, 0.2) is 0 Å². The number of fused-ring (bicyclic) bond motifs is 1. The van der Waals surface area contributed by atoms with Crippen LogP contribution in [-0.2, 0) is 9.59 Å². The molecule has 2 N–H and O–H groups in total. The molecule has 2 heterocycles. The number of aliphatic hydroxyl groups is 1. The summed E-state index contributed by atoms with van der Waals surface area (Å²) in [6, 6.07) is -1.06. The van der Waals surface area contributed by atoms with Crippen LogP contribution in [0.25, 0.3) is 0 Å². The van der Waals surface area contributed by atoms with Crippen molar-refractivity contribution in [2.24, 2.45) is 0 Å². The summed E-state index contributed by atoms with van der Waals surface area (Å²) in [5.41, 5.74) is 0. The SMILES string of the molecule is O=C1N[C@H](CO)C(=O)N2CCSC[C@@H]12. The Bertz CT molecular complexity index is 271. The normalized spacial score (nSPS) is 32.5. The van der Waals surface area contributed by atoms with Crippen molar-refractivity contribution in [3.05, 3.63) is 0 Å². The Labute approximate surface area is 85.8 Å². The van der Waals surface area contributed by atoms with Crippen molar-refractivity contribution < 1.29 is 14.7 Å². The van der Waals surface area contributed by atoms with E-state index in [-0.39, 0.29) is 24.5 Å². The van der Waals surface area contributed by atoms with Crippen molar-refractivity contribution >= 4 is 23.6 Å². The molecular weight excluding hydrogens is 204 g/mol. The van der Waals surface area contributed by atoms with Crippen LogP contribution in [0.15, 0.2) is 0 Å². The number of hydrogen-bond acceptors (Lipinski definition) is 4. The predicted molar refractivity (Wildman–Crippen MR) is 51.8 cm³/mol. The molecule has 0 aromatic rings. The van der Waals surface area contributed by atoms with E-state index in [0.29, 0.717) is 12.3 Å². The molecule has 5 nitrogen and oxygen atoms in total. The zero-order valence-electron chi connectivity index (χ0n) is 7.60. The van der Waals surface area contributed by atoms with Crippen LogP contribution in [0.5, 0.6) is 0 Å². The van der Waals surface area contributed by atoms with E-state index >= 15 is 0 Å². The second kappa shape index (κ2) is 3.78. The molecule has 78 valence electrons. The number of amides is 2. The maximum Gasteiger partial charge on any atom is 0.248 e. The van der Waals surface area contributed by atoms with Crippen molar-refractivity contribution in [3.63, 3.8) is 0 Å². The number of carbonyl (C=O) groups excluding carboxylic acids is 2. The van der Waals surface area contributed by atoms with E-state index in [1.54, 1.807) is 16.7 Å². The van der Waals surface area contributed by atoms with E-state index in [1.807, 2.05) is 0 Å². The Morgan fingerprint density at radius 2 is 2.36 bits per heavy atom. The number of hydrogen-bond donors (Lipinski definition) is 2. The van der Waals surface area contributed by atoms with Crippen LogP contribution in [0, 0.1) is 0 Å². The fraction of sp³-hybridized carbons (Fsp3) is 0.750. The van der Waals surface area contributed by atoms with Gasteiger partial charge in [0.25, 0.3) is 0 Å². The van der Waals surface area contributed by atoms with Gasteiger partial charge in [0, 0.05) is 18.1 Å². The summed E-state index contributed by atoms with van der Waals surface area (Å²) in [6.45, 7) is 0.291. The molecular formula is C8H12N2O3S. The molecule has 6 heteroatoms. The molecule has 0 unspecified atom stereocenters. The maximum atomic E-state index is 11.7. The molecule has 0 saturated carbocycles. The molecule has 14 heavy (non-hydrogen) atoms. The highest BCUT2D eigenvalue weighted by atomic mass is 32.2. The Kier molecular flexibility index (Phi) is 2.64. The lowest BCUT2D eigenvalue weighted by molar-refractivity contribution is -0.149. The largest absolute Gasteiger partial charge is 0.394 e. The van der Waals surface area contributed by atoms with Crippen LogP contribution in [0.4, 0.5) is 0 Å². The van der Waals surface area contributed by atoms with Gasteiger partial charge in [0.1, 0.15) is 12.1 Å². The van der Waals surface area contributed by atoms with Crippen molar-refractivity contribution in [1.29, 1.82) is 0 Å². The number of carbonyl (C=O) groups is 2. The third kappa shape index (κ3) is 1.48. The summed E-state index contributed by atoms with van der Waals surface area (Å²) >= 11 is 1.68. The first kappa shape index (κ1) is 9.79. The van der Waals surface area contributed by atoms with Crippen molar-refractivity contribution in [2.45, 2.75) is 12.1 Å². The minimum absolute atomic E-state index is 0.143. The van der Waals surface area contributed by atoms with Gasteiger partial charge in [-0.05, 0) is 0 Å². The molecule has 0 bridgehead atoms. The number of piperazine rings is 1. The van der Waals surface area contributed by atoms with Crippen LogP contribution in [0.2, 0.25) is 0 Å². The van der Waals surface area contributed by atoms with Gasteiger partial charge in [-0.2, -0.15) is 11.8 Å². The lowest BCUT2D eigenvalue weighted by Gasteiger charge is -2.40. The van der Waals surface area contributed by atoms with E-state index in [1.165, 1.54) is 0 Å². The van der Waals surface area contributed by atoms with Crippen LogP contribution >= 0.6 is 11.8 Å². The zero-order valence-corrected chi connectivity index (χ0v) is 8.42. The van der Waals surface area contributed by atoms with E-state index < -0.39 is 6.04 Å². The molecule has 0 aliphatic carbocycles. The number of nitrogens with zero attached hydrogens (tertiary/aromatic N) is 1. The fourth-order valence-electron chi connectivity index (χ4n) is 1.74. The highest BCUT2D eigenvalue weighted by molar-refractivity contribution is 7.99. The van der Waals surface area contributed by atoms with Crippen LogP contribution < -0.4 is 5.32 Å². The molecule has 0 aromatic carbocycles. The highest BCUT2D eigenvalue weighted by Gasteiger charge is 2.41. The van der Waals surface area contributed by atoms with Crippen molar-refractivity contribution in [1.82, 2.24) is 10.2 Å². The molecule has 0 radical (unpaired) electrons. The molecule has 2 saturated heterocycles. The van der Waals surface area contributed by atoms with Crippen LogP contribution in [0.3, 0.4) is 0 Å². The molecule has 2 fully saturated rings. The predicted octanol–water partition coefficient (Wildman–Crippen LogP) is -1.58. The zero-order chi connectivity index (χ0) is 10.1. The summed E-state index contributed by atoms with van der Waals surface area (Å²) in [7, 11) is 0. The standard InChI is InChI=1S/C8H12N2O3S/c11-3-5-8(13)10-1-2-14-4-6(10)7(12)9-5/h5-6,11H,1-4H2,(H,9,12)/t5-,6+/m1/s1. The highest BCUT2D eigenvalue weighted by Crippen LogP contribution is 2.20. The first-order chi connectivity index (χ1) is 6.74. The van der Waals surface area contributed by atoms with Gasteiger partial charge >= 0.3 is 0 Å². The lowest BCUT2D eigenvalue weighted by Crippen LogP contribution is -2.66. The number of rotatable bonds is 1. The molecule has 0 aromatic heterocycles. The summed E-state index contributed by atoms with van der Waals surface area (Å²) in [5.74, 6) is 1.23. The van der Waals surface area contributed by atoms with E-state index in [4.69, 9.17) is 5.11 Å². The third-order valence-corrected chi connectivity index (χ3v) is 3.53. The van der Waals surface area contributed by atoms with Gasteiger partial charge in [0.2, 0.25) is 11.8 Å². The van der Waals surface area contributed by atoms with Crippen molar-refractivity contribution in [2.75, 3.05) is 24.7 Å². The molecule has 0 spiro atoms.